The van der Waals surface area contributed by atoms with Crippen LogP contribution < -0.4 is 0 Å². The monoisotopic (exact) mass is 465 g/mol. The Hall–Kier alpha value is -2.91. The van der Waals surface area contributed by atoms with Gasteiger partial charge in [-0.05, 0) is 91.4 Å². The largest absolute Gasteiger partial charge is 0.507 e. The first-order valence-electron chi connectivity index (χ1n) is 13.2. The van der Waals surface area contributed by atoms with Crippen LogP contribution in [0.4, 0.5) is 0 Å². The number of aliphatic hydroxyl groups is 1. The van der Waals surface area contributed by atoms with Crippen LogP contribution in [0.1, 0.15) is 78.5 Å². The third-order valence-electron chi connectivity index (χ3n) is 8.85. The molecule has 0 unspecified atom stereocenters. The van der Waals surface area contributed by atoms with Gasteiger partial charge < -0.3 is 10.2 Å². The van der Waals surface area contributed by atoms with Gasteiger partial charge in [0.2, 0.25) is 0 Å². The zero-order valence-electron chi connectivity index (χ0n) is 20.5. The zero-order chi connectivity index (χ0) is 24.0. The Morgan fingerprint density at radius 2 is 1.37 bits per heavy atom. The molecule has 3 aromatic rings. The van der Waals surface area contributed by atoms with Crippen molar-refractivity contribution in [3.05, 3.63) is 101 Å². The van der Waals surface area contributed by atoms with Crippen molar-refractivity contribution >= 4 is 6.21 Å². The average molecular weight is 466 g/mol. The van der Waals surface area contributed by atoms with Gasteiger partial charge in [0.05, 0.1) is 0 Å². The average Bonchev–Trinajstić information content (AvgIpc) is 2.86. The molecule has 4 bridgehead atoms. The predicted octanol–water partition coefficient (Wildman–Crippen LogP) is 7.06. The topological polar surface area (TPSA) is 52.8 Å². The van der Waals surface area contributed by atoms with E-state index in [1.54, 1.807) is 6.21 Å². The van der Waals surface area contributed by atoms with Crippen molar-refractivity contribution in [2.75, 3.05) is 0 Å². The van der Waals surface area contributed by atoms with E-state index in [-0.39, 0.29) is 5.41 Å². The van der Waals surface area contributed by atoms with Gasteiger partial charge in [-0.15, -0.1) is 0 Å². The molecule has 0 aliphatic heterocycles. The maximum atomic E-state index is 11.6. The van der Waals surface area contributed by atoms with Gasteiger partial charge in [-0.2, -0.15) is 0 Å². The standard InChI is InChI=1S/C32H35NO2/c1-21-12-27(30(34)28(13-21)32-17-22-14-23(18-32)16-24(15-22)19-32)20-33-29(25-8-4-2-5-9-25)31(35)26-10-6-3-7-11-26/h2-13,20,22-24,29,31,34-35H,14-19H2,1H3/t22?,23?,24?,29-,31+,32?/m1/s1. The fourth-order valence-corrected chi connectivity index (χ4v) is 7.74. The van der Waals surface area contributed by atoms with E-state index in [0.29, 0.717) is 5.75 Å². The van der Waals surface area contributed by atoms with E-state index in [1.807, 2.05) is 66.7 Å². The maximum Gasteiger partial charge on any atom is 0.128 e. The number of nitrogens with zero attached hydrogens (tertiary/aromatic N) is 1. The van der Waals surface area contributed by atoms with Crippen LogP contribution in [-0.2, 0) is 5.41 Å². The van der Waals surface area contributed by atoms with Crippen molar-refractivity contribution in [1.29, 1.82) is 0 Å². The van der Waals surface area contributed by atoms with E-state index in [1.165, 1.54) is 38.5 Å². The molecule has 2 N–H and O–H groups in total. The molecule has 3 nitrogen and oxygen atoms in total. The molecule has 0 radical (unpaired) electrons. The van der Waals surface area contributed by atoms with Crippen molar-refractivity contribution in [3.63, 3.8) is 0 Å². The minimum Gasteiger partial charge on any atom is -0.507 e. The van der Waals surface area contributed by atoms with E-state index in [0.717, 1.165) is 45.6 Å². The summed E-state index contributed by atoms with van der Waals surface area (Å²) in [6.45, 7) is 2.12. The van der Waals surface area contributed by atoms with Crippen LogP contribution in [-0.4, -0.2) is 16.4 Å². The molecule has 0 aromatic heterocycles. The van der Waals surface area contributed by atoms with Crippen molar-refractivity contribution in [1.82, 2.24) is 0 Å². The number of benzene rings is 3. The van der Waals surface area contributed by atoms with Crippen LogP contribution in [0, 0.1) is 24.7 Å². The lowest BCUT2D eigenvalue weighted by Crippen LogP contribution is -2.48. The summed E-state index contributed by atoms with van der Waals surface area (Å²) in [6.07, 6.45) is 8.81. The summed E-state index contributed by atoms with van der Waals surface area (Å²) in [5, 5.41) is 22.8. The Labute approximate surface area is 208 Å². The summed E-state index contributed by atoms with van der Waals surface area (Å²) in [4.78, 5) is 4.89. The van der Waals surface area contributed by atoms with Crippen LogP contribution in [0.5, 0.6) is 5.75 Å². The number of aliphatic hydroxyl groups excluding tert-OH is 1. The number of rotatable bonds is 6. The molecule has 3 heteroatoms. The molecule has 4 fully saturated rings. The SMILES string of the molecule is Cc1cc(C=N[C@H](c2ccccc2)[C@@H](O)c2ccccc2)c(O)c(C23CC4CC(CC(C4)C2)C3)c1. The fraction of sp³-hybridized carbons (Fsp3) is 0.406. The second-order valence-corrected chi connectivity index (χ2v) is 11.4. The van der Waals surface area contributed by atoms with Gasteiger partial charge >= 0.3 is 0 Å². The molecule has 4 saturated carbocycles. The number of hydrogen-bond donors (Lipinski definition) is 2. The Balaban J connectivity index is 1.37. The number of aryl methyl sites for hydroxylation is 1. The van der Waals surface area contributed by atoms with E-state index >= 15 is 0 Å². The van der Waals surface area contributed by atoms with Crippen LogP contribution in [0.2, 0.25) is 0 Å². The molecule has 0 saturated heterocycles. The van der Waals surface area contributed by atoms with E-state index < -0.39 is 12.1 Å². The number of phenolic OH excluding ortho intramolecular Hbond substituents is 1. The molecular weight excluding hydrogens is 430 g/mol. The molecule has 3 aromatic carbocycles. The number of aliphatic imine (C=N–C) groups is 1. The Bertz CT molecular complexity index is 1180. The lowest BCUT2D eigenvalue weighted by atomic mass is 9.48. The highest BCUT2D eigenvalue weighted by atomic mass is 16.3. The van der Waals surface area contributed by atoms with Gasteiger partial charge in [-0.3, -0.25) is 4.99 Å². The van der Waals surface area contributed by atoms with Crippen molar-refractivity contribution < 1.29 is 10.2 Å². The number of phenols is 1. The summed E-state index contributed by atoms with van der Waals surface area (Å²) in [6, 6.07) is 23.4. The second kappa shape index (κ2) is 8.95. The van der Waals surface area contributed by atoms with Gasteiger partial charge in [0.25, 0.3) is 0 Å². The summed E-state index contributed by atoms with van der Waals surface area (Å²) >= 11 is 0. The molecule has 35 heavy (non-hydrogen) atoms. The van der Waals surface area contributed by atoms with E-state index in [2.05, 4.69) is 13.0 Å². The quantitative estimate of drug-likeness (QED) is 0.383. The molecule has 0 spiro atoms. The van der Waals surface area contributed by atoms with Crippen LogP contribution in [0.15, 0.2) is 77.8 Å². The summed E-state index contributed by atoms with van der Waals surface area (Å²) in [5.74, 6) is 2.85. The molecule has 2 atom stereocenters. The first-order valence-corrected chi connectivity index (χ1v) is 13.2. The molecule has 0 amide bonds. The lowest BCUT2D eigenvalue weighted by Gasteiger charge is -2.57. The number of hydrogen-bond acceptors (Lipinski definition) is 3. The normalized spacial score (nSPS) is 28.9. The molecular formula is C32H35NO2. The van der Waals surface area contributed by atoms with Gasteiger partial charge in [-0.1, -0.05) is 66.7 Å². The molecule has 4 aliphatic carbocycles. The zero-order valence-corrected chi connectivity index (χ0v) is 20.5. The third-order valence-corrected chi connectivity index (χ3v) is 8.85. The molecule has 7 rings (SSSR count). The molecule has 4 aliphatic rings. The smallest absolute Gasteiger partial charge is 0.128 e. The Morgan fingerprint density at radius 3 is 1.94 bits per heavy atom. The molecule has 0 heterocycles. The van der Waals surface area contributed by atoms with E-state index in [4.69, 9.17) is 4.99 Å². The highest BCUT2D eigenvalue weighted by Gasteiger charge is 2.52. The van der Waals surface area contributed by atoms with Crippen LogP contribution >= 0.6 is 0 Å². The highest BCUT2D eigenvalue weighted by Crippen LogP contribution is 2.62. The van der Waals surface area contributed by atoms with Gasteiger partial charge in [0.15, 0.2) is 0 Å². The Morgan fingerprint density at radius 1 is 0.829 bits per heavy atom. The summed E-state index contributed by atoms with van der Waals surface area (Å²) in [7, 11) is 0. The summed E-state index contributed by atoms with van der Waals surface area (Å²) < 4.78 is 0. The van der Waals surface area contributed by atoms with Crippen molar-refractivity contribution in [2.24, 2.45) is 22.7 Å². The first-order chi connectivity index (χ1) is 17.0. The summed E-state index contributed by atoms with van der Waals surface area (Å²) in [5.41, 5.74) is 4.97. The van der Waals surface area contributed by atoms with Crippen LogP contribution in [0.3, 0.4) is 0 Å². The fourth-order valence-electron chi connectivity index (χ4n) is 7.74. The lowest BCUT2D eigenvalue weighted by molar-refractivity contribution is -0.00616. The minimum atomic E-state index is -0.774. The highest BCUT2D eigenvalue weighted by molar-refractivity contribution is 5.85. The Kier molecular flexibility index (Phi) is 5.76. The van der Waals surface area contributed by atoms with Gasteiger partial charge in [0.1, 0.15) is 17.9 Å². The third kappa shape index (κ3) is 4.21. The van der Waals surface area contributed by atoms with Gasteiger partial charge in [-0.25, -0.2) is 0 Å². The minimum absolute atomic E-state index is 0.121. The number of aromatic hydroxyl groups is 1. The first kappa shape index (κ1) is 22.5. The maximum absolute atomic E-state index is 11.6. The molecule has 180 valence electrons. The van der Waals surface area contributed by atoms with E-state index in [9.17, 15) is 10.2 Å². The van der Waals surface area contributed by atoms with Crippen molar-refractivity contribution in [2.45, 2.75) is 63.0 Å². The van der Waals surface area contributed by atoms with Crippen molar-refractivity contribution in [3.8, 4) is 5.75 Å². The predicted molar refractivity (Wildman–Crippen MR) is 141 cm³/mol. The van der Waals surface area contributed by atoms with Crippen LogP contribution in [0.25, 0.3) is 0 Å². The van der Waals surface area contributed by atoms with Gasteiger partial charge in [0, 0.05) is 17.3 Å². The second-order valence-electron chi connectivity index (χ2n) is 11.4.